The highest BCUT2D eigenvalue weighted by Gasteiger charge is 2.35. The normalized spacial score (nSPS) is 24.7. The fraction of sp³-hybridized carbons (Fsp3) is 0.560. The molecule has 1 amide bonds. The molecule has 0 bridgehead atoms. The van der Waals surface area contributed by atoms with Gasteiger partial charge in [-0.3, -0.25) is 4.79 Å². The summed E-state index contributed by atoms with van der Waals surface area (Å²) in [6, 6.07) is 7.43. The third kappa shape index (κ3) is 5.10. The molecule has 7 heteroatoms. The summed E-state index contributed by atoms with van der Waals surface area (Å²) in [6.45, 7) is 10.7. The predicted molar refractivity (Wildman–Crippen MR) is 124 cm³/mol. The summed E-state index contributed by atoms with van der Waals surface area (Å²) in [7, 11) is 1.66. The maximum absolute atomic E-state index is 13.0. The van der Waals surface area contributed by atoms with Gasteiger partial charge in [0, 0.05) is 37.5 Å². The monoisotopic (exact) mass is 438 g/mol. The molecule has 1 aromatic heterocycles. The first-order chi connectivity index (χ1) is 15.2. The van der Waals surface area contributed by atoms with Crippen molar-refractivity contribution in [3.8, 4) is 0 Å². The summed E-state index contributed by atoms with van der Waals surface area (Å²) < 4.78 is 11.0. The van der Waals surface area contributed by atoms with Crippen molar-refractivity contribution in [1.29, 1.82) is 0 Å². The first-order valence-electron chi connectivity index (χ1n) is 11.4. The Bertz CT molecular complexity index is 950. The molecule has 2 aliphatic rings. The molecule has 0 unspecified atom stereocenters. The molecule has 1 saturated heterocycles. The van der Waals surface area contributed by atoms with Crippen molar-refractivity contribution in [1.82, 2.24) is 15.3 Å². The highest BCUT2D eigenvalue weighted by Crippen LogP contribution is 2.40. The number of anilines is 1. The van der Waals surface area contributed by atoms with Crippen LogP contribution in [0.4, 0.5) is 5.95 Å². The number of amides is 1. The molecule has 3 atom stereocenters. The van der Waals surface area contributed by atoms with Gasteiger partial charge in [-0.1, -0.05) is 26.0 Å². The minimum absolute atomic E-state index is 0.0322. The van der Waals surface area contributed by atoms with Crippen LogP contribution in [-0.2, 0) is 22.5 Å². The Morgan fingerprint density at radius 3 is 2.56 bits per heavy atom. The minimum atomic E-state index is -0.114. The molecule has 4 rings (SSSR count). The molecule has 1 aliphatic heterocycles. The van der Waals surface area contributed by atoms with E-state index in [-0.39, 0.29) is 29.6 Å². The number of nitrogens with zero attached hydrogens (tertiary/aromatic N) is 3. The number of benzene rings is 1. The van der Waals surface area contributed by atoms with Crippen LogP contribution >= 0.6 is 0 Å². The number of methoxy groups -OCH3 is 1. The van der Waals surface area contributed by atoms with Gasteiger partial charge in [0.15, 0.2) is 0 Å². The number of carbonyl (C=O) groups excluding carboxylic acids is 1. The number of ether oxygens (including phenoxy) is 2. The van der Waals surface area contributed by atoms with Crippen LogP contribution in [-0.4, -0.2) is 48.3 Å². The summed E-state index contributed by atoms with van der Waals surface area (Å²) in [5.41, 5.74) is 3.76. The Kier molecular flexibility index (Phi) is 6.49. The zero-order chi connectivity index (χ0) is 22.9. The second-order valence-corrected chi connectivity index (χ2v) is 9.94. The standard InChI is InChI=1S/C25H34N4O3/c1-16-13-29(14-17(2)32-16)24-26-12-20-21(10-25(3,4)11-22(20)28-24)27-23(30)19-8-6-18(7-9-19)15-31-5/h6-9,12,16-17,21H,10-11,13-15H2,1-5H3,(H,27,30)/t16-,17-,21+/m0/s1. The average molecular weight is 439 g/mol. The molecule has 1 fully saturated rings. The fourth-order valence-corrected chi connectivity index (χ4v) is 4.82. The van der Waals surface area contributed by atoms with Gasteiger partial charge in [-0.25, -0.2) is 9.97 Å². The van der Waals surface area contributed by atoms with Crippen LogP contribution in [0.3, 0.4) is 0 Å². The lowest BCUT2D eigenvalue weighted by molar-refractivity contribution is -0.00575. The maximum Gasteiger partial charge on any atom is 0.251 e. The Labute approximate surface area is 190 Å². The van der Waals surface area contributed by atoms with Gasteiger partial charge >= 0.3 is 0 Å². The summed E-state index contributed by atoms with van der Waals surface area (Å²) in [5, 5.41) is 3.23. The van der Waals surface area contributed by atoms with E-state index in [1.807, 2.05) is 30.5 Å². The fourth-order valence-electron chi connectivity index (χ4n) is 4.82. The average Bonchev–Trinajstić information content (AvgIpc) is 2.72. The number of carbonyl (C=O) groups is 1. The number of fused-ring (bicyclic) bond motifs is 1. The lowest BCUT2D eigenvalue weighted by Gasteiger charge is -2.38. The topological polar surface area (TPSA) is 76.6 Å². The van der Waals surface area contributed by atoms with E-state index < -0.39 is 0 Å². The van der Waals surface area contributed by atoms with Crippen molar-refractivity contribution in [2.75, 3.05) is 25.1 Å². The number of aromatic nitrogens is 2. The first kappa shape index (κ1) is 22.7. The molecule has 7 nitrogen and oxygen atoms in total. The van der Waals surface area contributed by atoms with E-state index in [1.165, 1.54) is 0 Å². The molecule has 1 aromatic carbocycles. The Balaban J connectivity index is 1.55. The second-order valence-electron chi connectivity index (χ2n) is 9.94. The van der Waals surface area contributed by atoms with Gasteiger partial charge in [-0.05, 0) is 49.8 Å². The predicted octanol–water partition coefficient (Wildman–Crippen LogP) is 3.68. The van der Waals surface area contributed by atoms with E-state index in [1.54, 1.807) is 7.11 Å². The number of rotatable bonds is 5. The SMILES string of the molecule is COCc1ccc(C(=O)N[C@@H]2CC(C)(C)Cc3nc(N4C[C@H](C)O[C@@H](C)C4)ncc32)cc1. The Hall–Kier alpha value is -2.51. The third-order valence-electron chi connectivity index (χ3n) is 6.20. The molecule has 1 aliphatic carbocycles. The summed E-state index contributed by atoms with van der Waals surface area (Å²) in [4.78, 5) is 24.8. The lowest BCUT2D eigenvalue weighted by atomic mass is 9.74. The van der Waals surface area contributed by atoms with E-state index in [9.17, 15) is 4.79 Å². The first-order valence-corrected chi connectivity index (χ1v) is 11.4. The smallest absolute Gasteiger partial charge is 0.251 e. The molecule has 0 saturated carbocycles. The lowest BCUT2D eigenvalue weighted by Crippen LogP contribution is -2.46. The van der Waals surface area contributed by atoms with Gasteiger partial charge < -0.3 is 19.7 Å². The van der Waals surface area contributed by atoms with Crippen LogP contribution in [0.15, 0.2) is 30.5 Å². The van der Waals surface area contributed by atoms with Gasteiger partial charge in [0.25, 0.3) is 5.91 Å². The number of hydrogen-bond acceptors (Lipinski definition) is 6. The molecular weight excluding hydrogens is 404 g/mol. The quantitative estimate of drug-likeness (QED) is 0.767. The largest absolute Gasteiger partial charge is 0.380 e. The molecular formula is C25H34N4O3. The van der Waals surface area contributed by atoms with E-state index >= 15 is 0 Å². The molecule has 0 radical (unpaired) electrons. The van der Waals surface area contributed by atoms with Crippen molar-refractivity contribution in [3.63, 3.8) is 0 Å². The molecule has 32 heavy (non-hydrogen) atoms. The number of nitrogens with one attached hydrogen (secondary N) is 1. The third-order valence-corrected chi connectivity index (χ3v) is 6.20. The zero-order valence-electron chi connectivity index (χ0n) is 19.7. The minimum Gasteiger partial charge on any atom is -0.380 e. The van der Waals surface area contributed by atoms with E-state index in [0.29, 0.717) is 12.2 Å². The van der Waals surface area contributed by atoms with Gasteiger partial charge in [0.05, 0.1) is 30.6 Å². The Morgan fingerprint density at radius 1 is 1.22 bits per heavy atom. The summed E-state index contributed by atoms with van der Waals surface area (Å²) >= 11 is 0. The summed E-state index contributed by atoms with van der Waals surface area (Å²) in [5.74, 6) is 0.671. The molecule has 2 aromatic rings. The van der Waals surface area contributed by atoms with Gasteiger partial charge in [0.1, 0.15) is 0 Å². The van der Waals surface area contributed by atoms with Crippen molar-refractivity contribution < 1.29 is 14.3 Å². The van der Waals surface area contributed by atoms with Gasteiger partial charge in [-0.2, -0.15) is 0 Å². The van der Waals surface area contributed by atoms with Crippen LogP contribution in [0.2, 0.25) is 0 Å². The Morgan fingerprint density at radius 2 is 1.91 bits per heavy atom. The van der Waals surface area contributed by atoms with Crippen LogP contribution in [0.1, 0.15) is 67.3 Å². The van der Waals surface area contributed by atoms with Gasteiger partial charge in [0.2, 0.25) is 5.95 Å². The second kappa shape index (κ2) is 9.16. The molecule has 1 N–H and O–H groups in total. The van der Waals surface area contributed by atoms with Crippen LogP contribution in [0.25, 0.3) is 0 Å². The highest BCUT2D eigenvalue weighted by molar-refractivity contribution is 5.94. The van der Waals surface area contributed by atoms with Crippen molar-refractivity contribution >= 4 is 11.9 Å². The molecule has 2 heterocycles. The number of morpholine rings is 1. The molecule has 0 spiro atoms. The van der Waals surface area contributed by atoms with E-state index in [2.05, 4.69) is 42.9 Å². The van der Waals surface area contributed by atoms with Gasteiger partial charge in [-0.15, -0.1) is 0 Å². The number of hydrogen-bond donors (Lipinski definition) is 1. The molecule has 172 valence electrons. The van der Waals surface area contributed by atoms with Crippen molar-refractivity contribution in [2.45, 2.75) is 65.4 Å². The van der Waals surface area contributed by atoms with Crippen LogP contribution in [0.5, 0.6) is 0 Å². The summed E-state index contributed by atoms with van der Waals surface area (Å²) in [6.07, 6.45) is 3.92. The van der Waals surface area contributed by atoms with E-state index in [4.69, 9.17) is 14.5 Å². The van der Waals surface area contributed by atoms with Crippen molar-refractivity contribution in [2.24, 2.45) is 5.41 Å². The van der Waals surface area contributed by atoms with Crippen molar-refractivity contribution in [3.05, 3.63) is 52.8 Å². The van der Waals surface area contributed by atoms with E-state index in [0.717, 1.165) is 48.7 Å². The van der Waals surface area contributed by atoms with Crippen LogP contribution < -0.4 is 10.2 Å². The maximum atomic E-state index is 13.0. The van der Waals surface area contributed by atoms with Crippen LogP contribution in [0, 0.1) is 5.41 Å². The zero-order valence-corrected chi connectivity index (χ0v) is 19.7. The highest BCUT2D eigenvalue weighted by atomic mass is 16.5.